The van der Waals surface area contributed by atoms with Gasteiger partial charge in [-0.05, 0) is 210 Å². The van der Waals surface area contributed by atoms with E-state index < -0.39 is 86.4 Å². The molecule has 15 rings (SSSR count). The van der Waals surface area contributed by atoms with E-state index in [0.717, 1.165) is 92.8 Å². The standard InChI is InChI=1S/C72H91NO9/c1-44(49-16-9-10-17-49)51-22-23-57-64(77)67(30-25-47(38-67)21-20-45-12-5-3-6-13-45)42-69(43-75)60-27-31-68-41-66(28-24-48(37-66)32-46-14-7-4-8-15-46)29-26-50-18-11-19-52(40-74)54(50)35-59(73-2)55-33-53(62(68)56-36-61(76)82-63(55)56)39-70(68,79)72(60,81)65(78)58(34-51)71(57,69)80/h3-8,11-15,18-19,36,43-44,47-49,51,53,55,57-60,62-65,73-74,77-81H,9-10,16-17,20-25,27-28,30-35,37-42H2,1-2H3. The summed E-state index contributed by atoms with van der Waals surface area (Å²) in [5, 5.41) is 87.4. The molecule has 9 fully saturated rings. The first-order valence-electron chi connectivity index (χ1n) is 32.5. The molecule has 1 heterocycles. The van der Waals surface area contributed by atoms with Crippen LogP contribution in [0.1, 0.15) is 163 Å². The van der Waals surface area contributed by atoms with Crippen LogP contribution in [0.5, 0.6) is 0 Å². The van der Waals surface area contributed by atoms with Crippen LogP contribution >= 0.6 is 0 Å². The van der Waals surface area contributed by atoms with Crippen LogP contribution in [0.2, 0.25) is 0 Å². The Labute approximate surface area is 486 Å². The zero-order valence-electron chi connectivity index (χ0n) is 48.7. The van der Waals surface area contributed by atoms with E-state index in [0.29, 0.717) is 63.2 Å². The van der Waals surface area contributed by atoms with Crippen molar-refractivity contribution in [3.63, 3.8) is 0 Å². The van der Waals surface area contributed by atoms with Gasteiger partial charge in [-0.2, -0.15) is 0 Å². The highest BCUT2D eigenvalue weighted by molar-refractivity contribution is 5.86. The largest absolute Gasteiger partial charge is 0.454 e. The van der Waals surface area contributed by atoms with E-state index in [1.165, 1.54) is 24.0 Å². The number of benzene rings is 3. The van der Waals surface area contributed by atoms with Gasteiger partial charge < -0.3 is 45.5 Å². The number of carbonyl (C=O) groups is 2. The Hall–Kier alpha value is -4.18. The molecule has 21 atom stereocenters. The molecule has 9 saturated carbocycles. The van der Waals surface area contributed by atoms with Gasteiger partial charge in [0.25, 0.3) is 0 Å². The maximum Gasteiger partial charge on any atom is 0.331 e. The van der Waals surface area contributed by atoms with Gasteiger partial charge in [-0.25, -0.2) is 4.79 Å². The molecular formula is C72H91NO9. The molecule has 21 unspecified atom stereocenters. The molecule has 0 aromatic heterocycles. The number of likely N-dealkylation sites (N-methyl/N-ethyl adjacent to an activating group) is 1. The first kappa shape index (κ1) is 55.7. The quantitative estimate of drug-likeness (QED) is 0.0588. The summed E-state index contributed by atoms with van der Waals surface area (Å²) < 4.78 is 6.53. The first-order chi connectivity index (χ1) is 39.6. The van der Waals surface area contributed by atoms with Gasteiger partial charge in [0, 0.05) is 52.2 Å². The topological polar surface area (TPSA) is 177 Å². The number of hydrogen-bond donors (Lipinski definition) is 7. The Morgan fingerprint density at radius 3 is 2.27 bits per heavy atom. The lowest BCUT2D eigenvalue weighted by Crippen LogP contribution is -2.86. The number of hydrogen-bond acceptors (Lipinski definition) is 10. The van der Waals surface area contributed by atoms with Crippen LogP contribution in [0.3, 0.4) is 0 Å². The van der Waals surface area contributed by atoms with Crippen molar-refractivity contribution in [1.82, 2.24) is 5.32 Å². The zero-order valence-corrected chi connectivity index (χ0v) is 48.7. The Morgan fingerprint density at radius 1 is 0.768 bits per heavy atom. The van der Waals surface area contributed by atoms with E-state index in [1.54, 1.807) is 6.08 Å². The van der Waals surface area contributed by atoms with Gasteiger partial charge in [-0.15, -0.1) is 0 Å². The summed E-state index contributed by atoms with van der Waals surface area (Å²) in [7, 11) is 1.95. The number of aliphatic hydroxyl groups excluding tert-OH is 3. The lowest BCUT2D eigenvalue weighted by Gasteiger charge is -2.75. The van der Waals surface area contributed by atoms with Gasteiger partial charge in [0.2, 0.25) is 0 Å². The highest BCUT2D eigenvalue weighted by Gasteiger charge is 2.87. The molecular weight excluding hydrogens is 1020 g/mol. The molecule has 10 nitrogen and oxygen atoms in total. The lowest BCUT2D eigenvalue weighted by atomic mass is 9.32. The van der Waals surface area contributed by atoms with Crippen molar-refractivity contribution in [3.8, 4) is 11.8 Å². The smallest absolute Gasteiger partial charge is 0.331 e. The van der Waals surface area contributed by atoms with E-state index >= 15 is 15.0 Å². The van der Waals surface area contributed by atoms with Crippen LogP contribution in [-0.2, 0) is 40.2 Å². The SMILES string of the molecule is CNC1Cc2c(cccc2CO)C#CC2(CCC(Cc3ccccc3)C2)CC23CCC4C5(C=O)CC6(CCC(CCc7ccccc7)C6)C(O)C6CCC(C(C)C7CCCC7)CC(C(O)C4(O)C2(O)CC2CC1C1OC(=O)C=C1C23)C65O. The number of aliphatic hydroxyl groups is 6. The van der Waals surface area contributed by atoms with Gasteiger partial charge in [-0.3, -0.25) is 0 Å². The number of esters is 1. The first-order valence-corrected chi connectivity index (χ1v) is 32.5. The third-order valence-electron chi connectivity index (χ3n) is 26.6. The third kappa shape index (κ3) is 8.04. The minimum Gasteiger partial charge on any atom is -0.454 e. The summed E-state index contributed by atoms with van der Waals surface area (Å²) in [4.78, 5) is 29.6. The third-order valence-corrected chi connectivity index (χ3v) is 26.6. The average molecular weight is 1110 g/mol. The van der Waals surface area contributed by atoms with Crippen molar-refractivity contribution in [3.05, 3.63) is 118 Å². The van der Waals surface area contributed by atoms with Crippen LogP contribution in [0.4, 0.5) is 0 Å². The van der Waals surface area contributed by atoms with Crippen LogP contribution in [0, 0.1) is 98.6 Å². The zero-order chi connectivity index (χ0) is 56.6. The number of aryl methyl sites for hydroxylation is 1. The van der Waals surface area contributed by atoms with Gasteiger partial charge in [0.05, 0.1) is 29.8 Å². The molecule has 0 radical (unpaired) electrons. The normalized spacial score (nSPS) is 45.7. The molecule has 10 heteroatoms. The molecule has 0 amide bonds. The molecule has 3 aromatic carbocycles. The van der Waals surface area contributed by atoms with Gasteiger partial charge in [-0.1, -0.05) is 117 Å². The maximum absolute atomic E-state index is 15.5. The molecule has 0 saturated heterocycles. The Kier molecular flexibility index (Phi) is 13.9. The fourth-order valence-electron chi connectivity index (χ4n) is 23.2. The number of aldehydes is 1. The molecule has 4 bridgehead atoms. The summed E-state index contributed by atoms with van der Waals surface area (Å²) in [6.07, 6.45) is 15.8. The minimum absolute atomic E-state index is 0.0616. The van der Waals surface area contributed by atoms with Gasteiger partial charge in [0.15, 0.2) is 0 Å². The predicted molar refractivity (Wildman–Crippen MR) is 313 cm³/mol. The molecule has 82 heavy (non-hydrogen) atoms. The van der Waals surface area contributed by atoms with E-state index in [4.69, 9.17) is 4.74 Å². The second-order valence-electron chi connectivity index (χ2n) is 29.7. The molecule has 438 valence electrons. The summed E-state index contributed by atoms with van der Waals surface area (Å²) in [5.74, 6) is 5.14. The Morgan fingerprint density at radius 2 is 1.52 bits per heavy atom. The van der Waals surface area contributed by atoms with Crippen LogP contribution in [0.15, 0.2) is 90.5 Å². The van der Waals surface area contributed by atoms with Crippen LogP contribution in [-0.4, -0.2) is 91.1 Å². The number of carbonyl (C=O) groups excluding carboxylic acids is 2. The Balaban J connectivity index is 0.951. The maximum atomic E-state index is 15.5. The fourth-order valence-corrected chi connectivity index (χ4v) is 23.2. The highest BCUT2D eigenvalue weighted by atomic mass is 16.5. The number of nitrogens with one attached hydrogen (secondary N) is 1. The van der Waals surface area contributed by atoms with Crippen molar-refractivity contribution in [2.45, 2.75) is 202 Å². The van der Waals surface area contributed by atoms with E-state index in [-0.39, 0.29) is 61.5 Å². The number of ether oxygens (including phenoxy) is 1. The van der Waals surface area contributed by atoms with Crippen molar-refractivity contribution < 1.29 is 45.0 Å². The summed E-state index contributed by atoms with van der Waals surface area (Å²) in [6, 6.07) is 27.0. The van der Waals surface area contributed by atoms with Crippen molar-refractivity contribution in [2.75, 3.05) is 7.05 Å². The summed E-state index contributed by atoms with van der Waals surface area (Å²) in [5.41, 5.74) is -4.23. The second kappa shape index (κ2) is 20.5. The molecule has 12 aliphatic rings. The lowest BCUT2D eigenvalue weighted by molar-refractivity contribution is -0.385. The highest BCUT2D eigenvalue weighted by Crippen LogP contribution is 2.80. The van der Waals surface area contributed by atoms with Crippen LogP contribution < -0.4 is 5.32 Å². The predicted octanol–water partition coefficient (Wildman–Crippen LogP) is 9.79. The van der Waals surface area contributed by atoms with E-state index in [2.05, 4.69) is 84.7 Å². The fraction of sp³-hybridized carbons (Fsp3) is 0.667. The van der Waals surface area contributed by atoms with Crippen molar-refractivity contribution in [1.29, 1.82) is 0 Å². The van der Waals surface area contributed by atoms with Crippen LogP contribution in [0.25, 0.3) is 0 Å². The number of rotatable bonds is 10. The van der Waals surface area contributed by atoms with Gasteiger partial charge >= 0.3 is 5.97 Å². The number of fused-ring (bicyclic) bond motifs is 4. The molecule has 3 aromatic rings. The van der Waals surface area contributed by atoms with E-state index in [9.17, 15) is 25.2 Å². The molecule has 7 N–H and O–H groups in total. The van der Waals surface area contributed by atoms with Gasteiger partial charge in [0.1, 0.15) is 23.6 Å². The molecule has 11 aliphatic carbocycles. The molecule has 1 aliphatic heterocycles. The monoisotopic (exact) mass is 1110 g/mol. The summed E-state index contributed by atoms with van der Waals surface area (Å²) in [6.45, 7) is 2.21. The summed E-state index contributed by atoms with van der Waals surface area (Å²) >= 11 is 0. The van der Waals surface area contributed by atoms with Crippen molar-refractivity contribution in [2.24, 2.45) is 86.8 Å². The van der Waals surface area contributed by atoms with Crippen molar-refractivity contribution >= 4 is 12.3 Å². The Bertz CT molecular complexity index is 3020. The second-order valence-corrected chi connectivity index (χ2v) is 29.7. The van der Waals surface area contributed by atoms with E-state index in [1.807, 2.05) is 25.2 Å². The minimum atomic E-state index is -2.28. The molecule has 3 spiro atoms. The average Bonchev–Trinajstić information content (AvgIpc) is 1.50.